The van der Waals surface area contributed by atoms with Gasteiger partial charge in [-0.25, -0.2) is 0 Å². The van der Waals surface area contributed by atoms with Crippen molar-refractivity contribution in [2.45, 2.75) is 90.1 Å². The second-order valence-electron chi connectivity index (χ2n) is 6.60. The van der Waals surface area contributed by atoms with E-state index in [9.17, 15) is 0 Å². The van der Waals surface area contributed by atoms with Crippen LogP contribution in [-0.2, 0) is 4.74 Å². The predicted octanol–water partition coefficient (Wildman–Crippen LogP) is 5.33. The van der Waals surface area contributed by atoms with E-state index < -0.39 is 0 Å². The van der Waals surface area contributed by atoms with E-state index in [1.165, 1.54) is 70.6 Å². The Kier molecular flexibility index (Phi) is 5.54. The minimum atomic E-state index is 0.259. The fourth-order valence-electron chi connectivity index (χ4n) is 4.47. The summed E-state index contributed by atoms with van der Waals surface area (Å²) in [5, 5.41) is 0. The molecule has 0 aromatic rings. The molecule has 0 atom stereocenters. The molecule has 2 rings (SSSR count). The lowest BCUT2D eigenvalue weighted by atomic mass is 9.68. The van der Waals surface area contributed by atoms with Crippen molar-refractivity contribution >= 4 is 0 Å². The number of rotatable bonds is 5. The first-order valence-corrected chi connectivity index (χ1v) is 8.43. The molecular weight excluding hydrogens is 220 g/mol. The lowest BCUT2D eigenvalue weighted by Gasteiger charge is -2.43. The van der Waals surface area contributed by atoms with Crippen LogP contribution in [0.3, 0.4) is 0 Å². The molecular formula is C17H32O. The van der Waals surface area contributed by atoms with Gasteiger partial charge in [-0.1, -0.05) is 45.4 Å². The average molecular weight is 252 g/mol. The summed E-state index contributed by atoms with van der Waals surface area (Å²) >= 11 is 0. The highest BCUT2D eigenvalue weighted by molar-refractivity contribution is 4.89. The smallest absolute Gasteiger partial charge is 0.0682 e. The molecule has 1 nitrogen and oxygen atoms in total. The predicted molar refractivity (Wildman–Crippen MR) is 77.8 cm³/mol. The van der Waals surface area contributed by atoms with E-state index in [2.05, 4.69) is 13.8 Å². The molecule has 0 radical (unpaired) electrons. The van der Waals surface area contributed by atoms with Crippen molar-refractivity contribution in [1.82, 2.24) is 0 Å². The van der Waals surface area contributed by atoms with Crippen LogP contribution in [0.15, 0.2) is 0 Å². The zero-order chi connectivity index (χ0) is 12.8. The van der Waals surface area contributed by atoms with Crippen LogP contribution in [0.5, 0.6) is 0 Å². The van der Waals surface area contributed by atoms with E-state index in [4.69, 9.17) is 4.74 Å². The summed E-state index contributed by atoms with van der Waals surface area (Å²) in [6, 6.07) is 0. The van der Waals surface area contributed by atoms with Gasteiger partial charge in [0.25, 0.3) is 0 Å². The minimum Gasteiger partial charge on any atom is -0.375 e. The fraction of sp³-hybridized carbons (Fsp3) is 1.00. The molecule has 2 fully saturated rings. The summed E-state index contributed by atoms with van der Waals surface area (Å²) in [5.74, 6) is 2.08. The molecule has 18 heavy (non-hydrogen) atoms. The Labute approximate surface area is 114 Å². The van der Waals surface area contributed by atoms with E-state index in [0.717, 1.165) is 18.4 Å². The van der Waals surface area contributed by atoms with Crippen molar-refractivity contribution in [3.05, 3.63) is 0 Å². The van der Waals surface area contributed by atoms with Gasteiger partial charge >= 0.3 is 0 Å². The van der Waals surface area contributed by atoms with Gasteiger partial charge in [0.1, 0.15) is 0 Å². The van der Waals surface area contributed by atoms with Crippen molar-refractivity contribution in [1.29, 1.82) is 0 Å². The Morgan fingerprint density at radius 1 is 0.889 bits per heavy atom. The van der Waals surface area contributed by atoms with Gasteiger partial charge in [0.2, 0.25) is 0 Å². The molecule has 0 aromatic heterocycles. The first kappa shape index (κ1) is 14.4. The SMILES string of the molecule is CCC[C@]1(OCC)CC[C@H](C2CCCCC2)CC1. The van der Waals surface area contributed by atoms with Gasteiger partial charge in [-0.05, 0) is 50.9 Å². The number of ether oxygens (including phenoxy) is 1. The third-order valence-corrected chi connectivity index (χ3v) is 5.41. The highest BCUT2D eigenvalue weighted by atomic mass is 16.5. The molecule has 0 unspecified atom stereocenters. The van der Waals surface area contributed by atoms with Gasteiger partial charge in [0, 0.05) is 6.61 Å². The molecule has 0 N–H and O–H groups in total. The number of hydrogen-bond donors (Lipinski definition) is 0. The van der Waals surface area contributed by atoms with E-state index in [1.54, 1.807) is 0 Å². The normalized spacial score (nSPS) is 34.7. The maximum Gasteiger partial charge on any atom is 0.0682 e. The molecule has 0 bridgehead atoms. The topological polar surface area (TPSA) is 9.23 Å². The first-order valence-electron chi connectivity index (χ1n) is 8.43. The summed E-state index contributed by atoms with van der Waals surface area (Å²) in [5.41, 5.74) is 0.259. The van der Waals surface area contributed by atoms with Gasteiger partial charge in [0.15, 0.2) is 0 Å². The van der Waals surface area contributed by atoms with E-state index in [0.29, 0.717) is 0 Å². The zero-order valence-electron chi connectivity index (χ0n) is 12.5. The quantitative estimate of drug-likeness (QED) is 0.642. The molecule has 0 aromatic carbocycles. The summed E-state index contributed by atoms with van der Waals surface area (Å²) in [4.78, 5) is 0. The van der Waals surface area contributed by atoms with Crippen LogP contribution < -0.4 is 0 Å². The van der Waals surface area contributed by atoms with Crippen LogP contribution in [-0.4, -0.2) is 12.2 Å². The fourth-order valence-corrected chi connectivity index (χ4v) is 4.47. The summed E-state index contributed by atoms with van der Waals surface area (Å²) in [6.07, 6.45) is 15.6. The molecule has 0 amide bonds. The van der Waals surface area contributed by atoms with E-state index in [1.807, 2.05) is 0 Å². The van der Waals surface area contributed by atoms with E-state index >= 15 is 0 Å². The molecule has 106 valence electrons. The van der Waals surface area contributed by atoms with Crippen molar-refractivity contribution in [2.75, 3.05) is 6.61 Å². The maximum absolute atomic E-state index is 6.15. The summed E-state index contributed by atoms with van der Waals surface area (Å²) < 4.78 is 6.15. The monoisotopic (exact) mass is 252 g/mol. The Balaban J connectivity index is 1.84. The first-order chi connectivity index (χ1) is 8.79. The van der Waals surface area contributed by atoms with Crippen LogP contribution in [0.1, 0.15) is 84.5 Å². The van der Waals surface area contributed by atoms with Crippen molar-refractivity contribution in [3.63, 3.8) is 0 Å². The van der Waals surface area contributed by atoms with Crippen LogP contribution in [0.25, 0.3) is 0 Å². The Bertz CT molecular complexity index is 214. The van der Waals surface area contributed by atoms with Crippen molar-refractivity contribution in [3.8, 4) is 0 Å². The van der Waals surface area contributed by atoms with Gasteiger partial charge in [-0.2, -0.15) is 0 Å². The van der Waals surface area contributed by atoms with Crippen LogP contribution in [0.4, 0.5) is 0 Å². The molecule has 0 saturated heterocycles. The van der Waals surface area contributed by atoms with Gasteiger partial charge in [-0.15, -0.1) is 0 Å². The van der Waals surface area contributed by atoms with Gasteiger partial charge in [0.05, 0.1) is 5.60 Å². The lowest BCUT2D eigenvalue weighted by molar-refractivity contribution is -0.0841. The second-order valence-corrected chi connectivity index (χ2v) is 6.60. The van der Waals surface area contributed by atoms with E-state index in [-0.39, 0.29) is 5.60 Å². The third-order valence-electron chi connectivity index (χ3n) is 5.41. The molecule has 2 aliphatic carbocycles. The molecule has 2 saturated carbocycles. The van der Waals surface area contributed by atoms with Crippen LogP contribution in [0, 0.1) is 11.8 Å². The summed E-state index contributed by atoms with van der Waals surface area (Å²) in [7, 11) is 0. The molecule has 0 heterocycles. The summed E-state index contributed by atoms with van der Waals surface area (Å²) in [6.45, 7) is 5.35. The Morgan fingerprint density at radius 2 is 1.50 bits per heavy atom. The highest BCUT2D eigenvalue weighted by Crippen LogP contribution is 2.44. The molecule has 1 heteroatoms. The maximum atomic E-state index is 6.15. The Hall–Kier alpha value is -0.0400. The second kappa shape index (κ2) is 6.93. The average Bonchev–Trinajstić information content (AvgIpc) is 2.41. The van der Waals surface area contributed by atoms with Gasteiger partial charge in [-0.3, -0.25) is 0 Å². The number of hydrogen-bond acceptors (Lipinski definition) is 1. The highest BCUT2D eigenvalue weighted by Gasteiger charge is 2.37. The minimum absolute atomic E-state index is 0.259. The largest absolute Gasteiger partial charge is 0.375 e. The molecule has 0 spiro atoms. The van der Waals surface area contributed by atoms with Crippen LogP contribution in [0.2, 0.25) is 0 Å². The standard InChI is InChI=1S/C17H32O/c1-3-12-17(18-4-2)13-10-16(11-14-17)15-8-6-5-7-9-15/h15-16H,3-14H2,1-2H3/t16-,17-. The molecule has 2 aliphatic rings. The molecule has 0 aliphatic heterocycles. The van der Waals surface area contributed by atoms with Crippen molar-refractivity contribution in [2.24, 2.45) is 11.8 Å². The lowest BCUT2D eigenvalue weighted by Crippen LogP contribution is -2.39. The van der Waals surface area contributed by atoms with Crippen LogP contribution >= 0.6 is 0 Å². The van der Waals surface area contributed by atoms with Gasteiger partial charge < -0.3 is 4.74 Å². The third kappa shape index (κ3) is 3.50. The zero-order valence-corrected chi connectivity index (χ0v) is 12.5. The Morgan fingerprint density at radius 3 is 2.06 bits per heavy atom. The van der Waals surface area contributed by atoms with Crippen molar-refractivity contribution < 1.29 is 4.74 Å².